The normalized spacial score (nSPS) is 12.4. The monoisotopic (exact) mass is 346 g/mol. The molecule has 18 heavy (non-hydrogen) atoms. The lowest BCUT2D eigenvalue weighted by Gasteiger charge is -2.12. The van der Waals surface area contributed by atoms with Crippen molar-refractivity contribution in [3.05, 3.63) is 49.6 Å². The molecule has 2 rings (SSSR count). The van der Waals surface area contributed by atoms with Crippen molar-refractivity contribution in [2.45, 2.75) is 12.5 Å². The second-order valence-corrected chi connectivity index (χ2v) is 6.59. The summed E-state index contributed by atoms with van der Waals surface area (Å²) in [6, 6.07) is 7.34. The van der Waals surface area contributed by atoms with Crippen molar-refractivity contribution in [2.75, 3.05) is 7.11 Å². The lowest BCUT2D eigenvalue weighted by molar-refractivity contribution is 0.177. The Balaban J connectivity index is 2.20. The SMILES string of the molecule is COc1ccc(Cl)cc1CC(O)c1csc(Br)c1. The second kappa shape index (κ2) is 6.06. The van der Waals surface area contributed by atoms with E-state index in [2.05, 4.69) is 15.9 Å². The van der Waals surface area contributed by atoms with E-state index in [9.17, 15) is 5.11 Å². The van der Waals surface area contributed by atoms with Gasteiger partial charge in [0.15, 0.2) is 0 Å². The number of benzene rings is 1. The van der Waals surface area contributed by atoms with Crippen LogP contribution < -0.4 is 4.74 Å². The molecular formula is C13H12BrClO2S. The van der Waals surface area contributed by atoms with Gasteiger partial charge in [0.1, 0.15) is 5.75 Å². The molecule has 0 aliphatic rings. The number of rotatable bonds is 4. The number of ether oxygens (including phenoxy) is 1. The fourth-order valence-electron chi connectivity index (χ4n) is 1.73. The van der Waals surface area contributed by atoms with Gasteiger partial charge in [-0.3, -0.25) is 0 Å². The zero-order valence-electron chi connectivity index (χ0n) is 9.69. The van der Waals surface area contributed by atoms with E-state index < -0.39 is 6.10 Å². The lowest BCUT2D eigenvalue weighted by atomic mass is 10.0. The minimum absolute atomic E-state index is 0.479. The maximum atomic E-state index is 10.2. The molecule has 0 aliphatic carbocycles. The third kappa shape index (κ3) is 3.26. The first-order valence-corrected chi connectivity index (χ1v) is 7.39. The zero-order chi connectivity index (χ0) is 13.1. The molecule has 0 aliphatic heterocycles. The minimum Gasteiger partial charge on any atom is -0.496 e. The summed E-state index contributed by atoms with van der Waals surface area (Å²) in [7, 11) is 1.61. The highest BCUT2D eigenvalue weighted by Crippen LogP contribution is 2.30. The largest absolute Gasteiger partial charge is 0.496 e. The molecule has 1 N–H and O–H groups in total. The summed E-state index contributed by atoms with van der Waals surface area (Å²) >= 11 is 10.9. The number of aliphatic hydroxyl groups is 1. The second-order valence-electron chi connectivity index (χ2n) is 3.86. The molecule has 0 saturated carbocycles. The Hall–Kier alpha value is -0.550. The molecule has 1 unspecified atom stereocenters. The van der Waals surface area contributed by atoms with Gasteiger partial charge in [-0.05, 0) is 56.7 Å². The number of halogens is 2. The fraction of sp³-hybridized carbons (Fsp3) is 0.231. The standard InChI is InChI=1S/C13H12BrClO2S/c1-17-12-3-2-10(15)4-8(12)5-11(16)9-6-13(14)18-7-9/h2-4,6-7,11,16H,5H2,1H3. The maximum absolute atomic E-state index is 10.2. The molecule has 2 nitrogen and oxygen atoms in total. The molecule has 0 bridgehead atoms. The van der Waals surface area contributed by atoms with Crippen LogP contribution in [-0.4, -0.2) is 12.2 Å². The van der Waals surface area contributed by atoms with Gasteiger partial charge < -0.3 is 9.84 Å². The van der Waals surface area contributed by atoms with Crippen molar-refractivity contribution in [1.82, 2.24) is 0 Å². The first kappa shape index (κ1) is 13.9. The van der Waals surface area contributed by atoms with Crippen molar-refractivity contribution in [1.29, 1.82) is 0 Å². The Labute approximate surface area is 123 Å². The van der Waals surface area contributed by atoms with Crippen LogP contribution in [0.3, 0.4) is 0 Å². The Morgan fingerprint density at radius 2 is 2.22 bits per heavy atom. The van der Waals surface area contributed by atoms with E-state index in [1.807, 2.05) is 23.6 Å². The number of aliphatic hydroxyl groups excluding tert-OH is 1. The maximum Gasteiger partial charge on any atom is 0.122 e. The van der Waals surface area contributed by atoms with Crippen LogP contribution in [0.5, 0.6) is 5.75 Å². The fourth-order valence-corrected chi connectivity index (χ4v) is 3.15. The molecule has 0 spiro atoms. The van der Waals surface area contributed by atoms with Gasteiger partial charge in [-0.15, -0.1) is 11.3 Å². The Kier molecular flexibility index (Phi) is 4.67. The Bertz CT molecular complexity index is 542. The van der Waals surface area contributed by atoms with E-state index in [0.717, 1.165) is 20.7 Å². The molecule has 96 valence electrons. The first-order valence-electron chi connectivity index (χ1n) is 5.34. The molecule has 1 aromatic heterocycles. The average molecular weight is 348 g/mol. The zero-order valence-corrected chi connectivity index (χ0v) is 12.8. The van der Waals surface area contributed by atoms with Gasteiger partial charge in [-0.1, -0.05) is 11.6 Å². The predicted octanol–water partition coefficient (Wildman–Crippen LogP) is 4.45. The Morgan fingerprint density at radius 3 is 2.83 bits per heavy atom. The van der Waals surface area contributed by atoms with Crippen molar-refractivity contribution >= 4 is 38.9 Å². The minimum atomic E-state index is -0.556. The predicted molar refractivity (Wildman–Crippen MR) is 78.7 cm³/mol. The van der Waals surface area contributed by atoms with Crippen molar-refractivity contribution in [3.63, 3.8) is 0 Å². The molecule has 1 atom stereocenters. The van der Waals surface area contributed by atoms with Crippen LogP contribution >= 0.6 is 38.9 Å². The summed E-state index contributed by atoms with van der Waals surface area (Å²) < 4.78 is 6.27. The highest BCUT2D eigenvalue weighted by atomic mass is 79.9. The highest BCUT2D eigenvalue weighted by molar-refractivity contribution is 9.11. The van der Waals surface area contributed by atoms with Crippen LogP contribution in [0.25, 0.3) is 0 Å². The van der Waals surface area contributed by atoms with Crippen LogP contribution in [0.15, 0.2) is 33.4 Å². The molecule has 0 fully saturated rings. The quantitative estimate of drug-likeness (QED) is 0.885. The van der Waals surface area contributed by atoms with Crippen LogP contribution in [0.1, 0.15) is 17.2 Å². The molecule has 0 amide bonds. The Morgan fingerprint density at radius 1 is 1.44 bits per heavy atom. The molecule has 5 heteroatoms. The van der Waals surface area contributed by atoms with Gasteiger partial charge in [0.25, 0.3) is 0 Å². The third-order valence-corrected chi connectivity index (χ3v) is 4.39. The van der Waals surface area contributed by atoms with Crippen LogP contribution in [0.4, 0.5) is 0 Å². The molecule has 2 aromatic rings. The van der Waals surface area contributed by atoms with E-state index >= 15 is 0 Å². The summed E-state index contributed by atoms with van der Waals surface area (Å²) in [6.07, 6.45) is -0.0766. The summed E-state index contributed by atoms with van der Waals surface area (Å²) in [5, 5.41) is 12.8. The van der Waals surface area contributed by atoms with Gasteiger partial charge in [0, 0.05) is 11.4 Å². The van der Waals surface area contributed by atoms with Gasteiger partial charge in [0.2, 0.25) is 0 Å². The van der Waals surface area contributed by atoms with Gasteiger partial charge in [0.05, 0.1) is 17.0 Å². The van der Waals surface area contributed by atoms with Crippen molar-refractivity contribution in [2.24, 2.45) is 0 Å². The molecule has 1 aromatic carbocycles. The number of hydrogen-bond donors (Lipinski definition) is 1. The van der Waals surface area contributed by atoms with Crippen LogP contribution in [-0.2, 0) is 6.42 Å². The van der Waals surface area contributed by atoms with E-state index in [1.54, 1.807) is 24.5 Å². The van der Waals surface area contributed by atoms with E-state index in [0.29, 0.717) is 11.4 Å². The van der Waals surface area contributed by atoms with Gasteiger partial charge in [-0.25, -0.2) is 0 Å². The number of methoxy groups -OCH3 is 1. The van der Waals surface area contributed by atoms with Crippen molar-refractivity contribution in [3.8, 4) is 5.75 Å². The summed E-state index contributed by atoms with van der Waals surface area (Å²) in [5.74, 6) is 0.743. The lowest BCUT2D eigenvalue weighted by Crippen LogP contribution is -2.02. The first-order chi connectivity index (χ1) is 8.60. The van der Waals surface area contributed by atoms with Crippen LogP contribution in [0.2, 0.25) is 5.02 Å². The molecule has 0 saturated heterocycles. The van der Waals surface area contributed by atoms with E-state index in [1.165, 1.54) is 0 Å². The average Bonchev–Trinajstić information content (AvgIpc) is 2.76. The number of thiophene rings is 1. The summed E-state index contributed by atoms with van der Waals surface area (Å²) in [4.78, 5) is 0. The smallest absolute Gasteiger partial charge is 0.122 e. The van der Waals surface area contributed by atoms with Gasteiger partial charge in [-0.2, -0.15) is 0 Å². The molecule has 0 radical (unpaired) electrons. The number of hydrogen-bond acceptors (Lipinski definition) is 3. The molecular weight excluding hydrogens is 336 g/mol. The summed E-state index contributed by atoms with van der Waals surface area (Å²) in [5.41, 5.74) is 1.80. The van der Waals surface area contributed by atoms with E-state index in [4.69, 9.17) is 16.3 Å². The summed E-state index contributed by atoms with van der Waals surface area (Å²) in [6.45, 7) is 0. The van der Waals surface area contributed by atoms with E-state index in [-0.39, 0.29) is 0 Å². The van der Waals surface area contributed by atoms with Crippen LogP contribution in [0, 0.1) is 0 Å². The molecule has 1 heterocycles. The topological polar surface area (TPSA) is 29.5 Å². The highest BCUT2D eigenvalue weighted by Gasteiger charge is 2.13. The van der Waals surface area contributed by atoms with Gasteiger partial charge >= 0.3 is 0 Å². The van der Waals surface area contributed by atoms with Crippen molar-refractivity contribution < 1.29 is 9.84 Å². The third-order valence-electron chi connectivity index (χ3n) is 2.63.